The SMILES string of the molecule is CN(C)C(=O)c1ccc(N2CCCC(C)(O)CC2)c(N)c1. The summed E-state index contributed by atoms with van der Waals surface area (Å²) in [5.74, 6) is -0.0490. The van der Waals surface area contributed by atoms with E-state index in [9.17, 15) is 9.90 Å². The average molecular weight is 291 g/mol. The van der Waals surface area contributed by atoms with Crippen LogP contribution in [0.15, 0.2) is 18.2 Å². The summed E-state index contributed by atoms with van der Waals surface area (Å²) in [6.07, 6.45) is 2.47. The van der Waals surface area contributed by atoms with Crippen molar-refractivity contribution in [2.45, 2.75) is 31.8 Å². The van der Waals surface area contributed by atoms with E-state index in [0.29, 0.717) is 11.3 Å². The molecule has 1 fully saturated rings. The quantitative estimate of drug-likeness (QED) is 0.814. The van der Waals surface area contributed by atoms with E-state index in [1.807, 2.05) is 19.1 Å². The molecule has 2 rings (SSSR count). The number of nitrogens with two attached hydrogens (primary N) is 1. The standard InChI is InChI=1S/C16H25N3O2/c1-16(21)7-4-9-19(10-8-16)14-6-5-12(11-13(14)17)15(20)18(2)3/h5-6,11,21H,4,7-10,17H2,1-3H3. The summed E-state index contributed by atoms with van der Waals surface area (Å²) in [4.78, 5) is 15.7. The van der Waals surface area contributed by atoms with Crippen molar-refractivity contribution in [1.29, 1.82) is 0 Å². The maximum Gasteiger partial charge on any atom is 0.253 e. The molecule has 0 aromatic heterocycles. The van der Waals surface area contributed by atoms with E-state index in [0.717, 1.165) is 38.0 Å². The lowest BCUT2D eigenvalue weighted by Crippen LogP contribution is -2.29. The second-order valence-corrected chi connectivity index (χ2v) is 6.31. The Balaban J connectivity index is 2.19. The van der Waals surface area contributed by atoms with E-state index >= 15 is 0 Å². The smallest absolute Gasteiger partial charge is 0.253 e. The Labute approximate surface area is 126 Å². The van der Waals surface area contributed by atoms with Gasteiger partial charge in [0.25, 0.3) is 5.91 Å². The Morgan fingerprint density at radius 2 is 2.05 bits per heavy atom. The van der Waals surface area contributed by atoms with E-state index in [4.69, 9.17) is 5.73 Å². The number of nitrogens with zero attached hydrogens (tertiary/aromatic N) is 2. The predicted octanol–water partition coefficient (Wildman–Crippen LogP) is 1.71. The molecular formula is C16H25N3O2. The lowest BCUT2D eigenvalue weighted by molar-refractivity contribution is 0.0481. The van der Waals surface area contributed by atoms with Crippen LogP contribution in [0.4, 0.5) is 11.4 Å². The third-order valence-electron chi connectivity index (χ3n) is 4.09. The molecule has 5 heteroatoms. The minimum absolute atomic E-state index is 0.0490. The molecule has 0 radical (unpaired) electrons. The zero-order chi connectivity index (χ0) is 15.6. The van der Waals surface area contributed by atoms with Crippen LogP contribution in [0.5, 0.6) is 0 Å². The highest BCUT2D eigenvalue weighted by molar-refractivity contribution is 5.95. The van der Waals surface area contributed by atoms with E-state index in [-0.39, 0.29) is 5.91 Å². The van der Waals surface area contributed by atoms with Crippen LogP contribution in [-0.4, -0.2) is 48.7 Å². The lowest BCUT2D eigenvalue weighted by atomic mass is 9.98. The second-order valence-electron chi connectivity index (χ2n) is 6.31. The Morgan fingerprint density at radius 1 is 1.33 bits per heavy atom. The highest BCUT2D eigenvalue weighted by Gasteiger charge is 2.25. The molecule has 1 aromatic carbocycles. The van der Waals surface area contributed by atoms with Gasteiger partial charge in [0.15, 0.2) is 0 Å². The summed E-state index contributed by atoms with van der Waals surface area (Å²) >= 11 is 0. The number of aliphatic hydroxyl groups is 1. The first-order chi connectivity index (χ1) is 9.80. The van der Waals surface area contributed by atoms with Gasteiger partial charge in [-0.3, -0.25) is 4.79 Å². The molecule has 1 saturated heterocycles. The number of hydrogen-bond donors (Lipinski definition) is 2. The van der Waals surface area contributed by atoms with E-state index in [1.54, 1.807) is 20.2 Å². The van der Waals surface area contributed by atoms with Crippen LogP contribution in [0, 0.1) is 0 Å². The molecule has 0 bridgehead atoms. The Morgan fingerprint density at radius 3 is 2.67 bits per heavy atom. The van der Waals surface area contributed by atoms with E-state index in [1.165, 1.54) is 4.90 Å². The fourth-order valence-electron chi connectivity index (χ4n) is 2.74. The molecule has 21 heavy (non-hydrogen) atoms. The summed E-state index contributed by atoms with van der Waals surface area (Å²) < 4.78 is 0. The van der Waals surface area contributed by atoms with Gasteiger partial charge in [0.1, 0.15) is 0 Å². The number of benzene rings is 1. The number of nitrogen functional groups attached to an aromatic ring is 1. The van der Waals surface area contributed by atoms with Crippen molar-refractivity contribution in [3.8, 4) is 0 Å². The first-order valence-corrected chi connectivity index (χ1v) is 7.39. The van der Waals surface area contributed by atoms with Gasteiger partial charge in [-0.1, -0.05) is 0 Å². The fraction of sp³-hybridized carbons (Fsp3) is 0.562. The minimum Gasteiger partial charge on any atom is -0.397 e. The van der Waals surface area contributed by atoms with E-state index in [2.05, 4.69) is 4.90 Å². The highest BCUT2D eigenvalue weighted by atomic mass is 16.3. The number of rotatable bonds is 2. The predicted molar refractivity (Wildman–Crippen MR) is 85.6 cm³/mol. The van der Waals surface area contributed by atoms with Crippen molar-refractivity contribution in [2.24, 2.45) is 0 Å². The summed E-state index contributed by atoms with van der Waals surface area (Å²) in [6.45, 7) is 3.54. The summed E-state index contributed by atoms with van der Waals surface area (Å²) in [6, 6.07) is 5.46. The average Bonchev–Trinajstić information content (AvgIpc) is 2.58. The van der Waals surface area contributed by atoms with Crippen LogP contribution in [0.3, 0.4) is 0 Å². The molecule has 0 saturated carbocycles. The first-order valence-electron chi connectivity index (χ1n) is 7.39. The monoisotopic (exact) mass is 291 g/mol. The van der Waals surface area contributed by atoms with Crippen LogP contribution in [-0.2, 0) is 0 Å². The van der Waals surface area contributed by atoms with Crippen molar-refractivity contribution >= 4 is 17.3 Å². The molecular weight excluding hydrogens is 266 g/mol. The van der Waals surface area contributed by atoms with Gasteiger partial charge in [-0.25, -0.2) is 0 Å². The molecule has 1 aliphatic rings. The molecule has 1 atom stereocenters. The van der Waals surface area contributed by atoms with Gasteiger partial charge in [-0.2, -0.15) is 0 Å². The maximum absolute atomic E-state index is 11.9. The van der Waals surface area contributed by atoms with Gasteiger partial charge in [-0.15, -0.1) is 0 Å². The number of hydrogen-bond acceptors (Lipinski definition) is 4. The fourth-order valence-corrected chi connectivity index (χ4v) is 2.74. The molecule has 3 N–H and O–H groups in total. The Kier molecular flexibility index (Phi) is 4.42. The second kappa shape index (κ2) is 5.93. The Bertz CT molecular complexity index is 526. The molecule has 1 heterocycles. The van der Waals surface area contributed by atoms with Gasteiger partial charge < -0.3 is 20.6 Å². The summed E-state index contributed by atoms with van der Waals surface area (Å²) in [5, 5.41) is 10.2. The van der Waals surface area contributed by atoms with Crippen molar-refractivity contribution in [1.82, 2.24) is 4.90 Å². The zero-order valence-electron chi connectivity index (χ0n) is 13.1. The molecule has 116 valence electrons. The van der Waals surface area contributed by atoms with Gasteiger partial charge in [0.05, 0.1) is 17.0 Å². The van der Waals surface area contributed by atoms with Gasteiger partial charge in [0, 0.05) is 32.7 Å². The topological polar surface area (TPSA) is 69.8 Å². The number of carbonyl (C=O) groups excluding carboxylic acids is 1. The zero-order valence-corrected chi connectivity index (χ0v) is 13.1. The highest BCUT2D eigenvalue weighted by Crippen LogP contribution is 2.29. The first kappa shape index (κ1) is 15.6. The number of carbonyl (C=O) groups is 1. The van der Waals surface area contributed by atoms with Crippen molar-refractivity contribution in [3.05, 3.63) is 23.8 Å². The largest absolute Gasteiger partial charge is 0.397 e. The summed E-state index contributed by atoms with van der Waals surface area (Å²) in [5.41, 5.74) is 7.70. The molecule has 1 amide bonds. The van der Waals surface area contributed by atoms with Crippen molar-refractivity contribution in [3.63, 3.8) is 0 Å². The molecule has 0 aliphatic carbocycles. The van der Waals surface area contributed by atoms with Crippen molar-refractivity contribution < 1.29 is 9.90 Å². The van der Waals surface area contributed by atoms with E-state index < -0.39 is 5.60 Å². The van der Waals surface area contributed by atoms with Gasteiger partial charge >= 0.3 is 0 Å². The van der Waals surface area contributed by atoms with Crippen LogP contribution in [0.25, 0.3) is 0 Å². The van der Waals surface area contributed by atoms with Crippen LogP contribution in [0.1, 0.15) is 36.5 Å². The summed E-state index contributed by atoms with van der Waals surface area (Å²) in [7, 11) is 3.45. The molecule has 5 nitrogen and oxygen atoms in total. The molecule has 0 spiro atoms. The van der Waals surface area contributed by atoms with Crippen LogP contribution < -0.4 is 10.6 Å². The van der Waals surface area contributed by atoms with Gasteiger partial charge in [-0.05, 0) is 44.4 Å². The van der Waals surface area contributed by atoms with Crippen LogP contribution in [0.2, 0.25) is 0 Å². The molecule has 1 aromatic rings. The molecule has 1 unspecified atom stereocenters. The third kappa shape index (κ3) is 3.67. The minimum atomic E-state index is -0.593. The third-order valence-corrected chi connectivity index (χ3v) is 4.09. The number of amides is 1. The maximum atomic E-state index is 11.9. The van der Waals surface area contributed by atoms with Crippen molar-refractivity contribution in [2.75, 3.05) is 37.8 Å². The molecule has 1 aliphatic heterocycles. The van der Waals surface area contributed by atoms with Gasteiger partial charge in [0.2, 0.25) is 0 Å². The normalized spacial score (nSPS) is 22.8. The van der Waals surface area contributed by atoms with Crippen LogP contribution >= 0.6 is 0 Å². The Hall–Kier alpha value is -1.75. The lowest BCUT2D eigenvalue weighted by Gasteiger charge is -2.26. The number of anilines is 2.